The summed E-state index contributed by atoms with van der Waals surface area (Å²) in [5, 5.41) is 0.176. The van der Waals surface area contributed by atoms with Gasteiger partial charge in [-0.1, -0.05) is 18.8 Å². The van der Waals surface area contributed by atoms with E-state index in [1.165, 1.54) is 12.1 Å². The van der Waals surface area contributed by atoms with Crippen LogP contribution in [0.3, 0.4) is 0 Å². The predicted molar refractivity (Wildman–Crippen MR) is 166 cm³/mol. The van der Waals surface area contributed by atoms with Crippen molar-refractivity contribution < 1.29 is 27.0 Å². The molecule has 0 aliphatic carbocycles. The van der Waals surface area contributed by atoms with Crippen LogP contribution in [0.15, 0.2) is 18.2 Å². The predicted octanol–water partition coefficient (Wildman–Crippen LogP) is 5.92. The Labute approximate surface area is 262 Å². The maximum Gasteiger partial charge on any atom is 0.319 e. The molecule has 2 aromatic heterocycles. The topological polar surface area (TPSA) is 89.6 Å². The number of anilines is 2. The Bertz CT molecular complexity index is 1950. The van der Waals surface area contributed by atoms with Crippen LogP contribution >= 0.6 is 0 Å². The Morgan fingerprint density at radius 2 is 1.93 bits per heavy atom. The number of nitrogens with zero attached hydrogens (tertiary/aromatic N) is 5. The molecule has 4 aromatic rings. The zero-order chi connectivity index (χ0) is 31.7. The normalized spacial score (nSPS) is 24.3. The summed E-state index contributed by atoms with van der Waals surface area (Å²) in [5.41, 5.74) is 4.65. The van der Waals surface area contributed by atoms with Gasteiger partial charge in [-0.3, -0.25) is 4.90 Å². The van der Waals surface area contributed by atoms with Gasteiger partial charge in [-0.15, -0.1) is 6.42 Å². The van der Waals surface area contributed by atoms with E-state index in [0.717, 1.165) is 51.1 Å². The van der Waals surface area contributed by atoms with Gasteiger partial charge >= 0.3 is 6.01 Å². The van der Waals surface area contributed by atoms with Crippen molar-refractivity contribution in [1.29, 1.82) is 0 Å². The summed E-state index contributed by atoms with van der Waals surface area (Å²) in [6.45, 7) is 2.26. The second-order valence-electron chi connectivity index (χ2n) is 12.8. The molecule has 0 amide bonds. The molecule has 12 heteroatoms. The highest BCUT2D eigenvalue weighted by Crippen LogP contribution is 2.45. The van der Waals surface area contributed by atoms with Crippen LogP contribution in [0.5, 0.6) is 11.9 Å². The molecule has 0 radical (unpaired) electrons. The summed E-state index contributed by atoms with van der Waals surface area (Å²) in [6.07, 6.45) is 10.6. The van der Waals surface area contributed by atoms with Crippen LogP contribution in [-0.2, 0) is 0 Å². The van der Waals surface area contributed by atoms with Crippen molar-refractivity contribution in [2.75, 3.05) is 43.5 Å². The van der Waals surface area contributed by atoms with Gasteiger partial charge in [-0.05, 0) is 50.4 Å². The molecular weight excluding hydrogens is 600 g/mol. The Morgan fingerprint density at radius 1 is 1.07 bits per heavy atom. The molecule has 46 heavy (non-hydrogen) atoms. The Morgan fingerprint density at radius 3 is 2.78 bits per heavy atom. The maximum absolute atomic E-state index is 17.0. The van der Waals surface area contributed by atoms with Crippen LogP contribution in [0, 0.1) is 29.8 Å². The van der Waals surface area contributed by atoms with Gasteiger partial charge in [-0.2, -0.15) is 9.97 Å². The quantitative estimate of drug-likeness (QED) is 0.169. The lowest BCUT2D eigenvalue weighted by Gasteiger charge is -2.31. The number of nitrogen functional groups attached to an aromatic ring is 1. The lowest BCUT2D eigenvalue weighted by molar-refractivity contribution is 0.107. The first-order chi connectivity index (χ1) is 22.3. The fourth-order valence-electron chi connectivity index (χ4n) is 7.93. The molecule has 238 valence electrons. The monoisotopic (exact) mass is 632 g/mol. The van der Waals surface area contributed by atoms with E-state index in [0.29, 0.717) is 25.3 Å². The molecule has 0 bridgehead atoms. The molecule has 0 unspecified atom stereocenters. The number of pyridine rings is 1. The van der Waals surface area contributed by atoms with E-state index in [1.807, 2.05) is 0 Å². The number of fused-ring (bicyclic) bond motifs is 4. The fourth-order valence-corrected chi connectivity index (χ4v) is 7.93. The minimum atomic E-state index is -0.939. The summed E-state index contributed by atoms with van der Waals surface area (Å²) in [7, 11) is 0. The van der Waals surface area contributed by atoms with Crippen LogP contribution < -0.4 is 20.1 Å². The van der Waals surface area contributed by atoms with Gasteiger partial charge < -0.3 is 20.1 Å². The van der Waals surface area contributed by atoms with E-state index in [9.17, 15) is 8.78 Å². The van der Waals surface area contributed by atoms with Crippen molar-refractivity contribution in [1.82, 2.24) is 19.9 Å². The Kier molecular flexibility index (Phi) is 6.86. The number of nitrogens with two attached hydrogens (primary N) is 1. The molecule has 8 nitrogen and oxygen atoms in total. The number of aromatic nitrogens is 3. The second kappa shape index (κ2) is 10.9. The van der Waals surface area contributed by atoms with Crippen LogP contribution in [0.25, 0.3) is 32.9 Å². The molecule has 6 heterocycles. The number of hydrogen-bond acceptors (Lipinski definition) is 8. The maximum atomic E-state index is 17.0. The lowest BCUT2D eigenvalue weighted by Crippen LogP contribution is -2.43. The van der Waals surface area contributed by atoms with Crippen LogP contribution in [0.2, 0.25) is 0 Å². The zero-order valence-corrected chi connectivity index (χ0v) is 25.1. The average molecular weight is 633 g/mol. The van der Waals surface area contributed by atoms with E-state index >= 15 is 8.78 Å². The standard InChI is InChI=1S/C34H32F4N6O2/c1-2-20-23(36)9-8-21-25(20)22(13-24(39)27(21)37)29-28(38)30-26-31(44-12-5-3-4-7-19(44)16-45-32(26)40-29)42-33(41-30)46-17-34-10-6-11-43(34)15-18(35)14-34/h1,8-9,13,18-19H,3-7,10-12,14-17,39H2/t18-,19+,34+/m1/s1. The van der Waals surface area contributed by atoms with E-state index in [-0.39, 0.29) is 75.3 Å². The van der Waals surface area contributed by atoms with Crippen LogP contribution in [0.1, 0.15) is 50.5 Å². The molecule has 2 aromatic carbocycles. The first-order valence-corrected chi connectivity index (χ1v) is 15.8. The molecular formula is C34H32F4N6O2. The van der Waals surface area contributed by atoms with Gasteiger partial charge in [0.05, 0.1) is 22.8 Å². The molecule has 4 aliphatic heterocycles. The minimum Gasteiger partial charge on any atom is -0.475 e. The average Bonchev–Trinajstić information content (AvgIpc) is 3.40. The van der Waals surface area contributed by atoms with Crippen LogP contribution in [0.4, 0.5) is 29.1 Å². The van der Waals surface area contributed by atoms with Crippen molar-refractivity contribution in [2.24, 2.45) is 0 Å². The SMILES string of the molecule is C#Cc1c(F)ccc2c(F)c(N)cc(-c3nc4c5c(nc(OC[C@@]67CCCN6C[C@H](F)C7)nc5c3F)N3CCCCC[C@H]3CO4)c12. The summed E-state index contributed by atoms with van der Waals surface area (Å²) in [6, 6.07) is 3.37. The molecule has 0 spiro atoms. The number of rotatable bonds is 4. The van der Waals surface area contributed by atoms with E-state index < -0.39 is 29.2 Å². The van der Waals surface area contributed by atoms with Gasteiger partial charge in [0.1, 0.15) is 47.6 Å². The van der Waals surface area contributed by atoms with E-state index in [4.69, 9.17) is 26.6 Å². The number of halogens is 4. The molecule has 2 N–H and O–H groups in total. The summed E-state index contributed by atoms with van der Waals surface area (Å²) in [5.74, 6) is 0.376. The fraction of sp³-hybridized carbons (Fsp3) is 0.441. The third-order valence-corrected chi connectivity index (χ3v) is 10.1. The van der Waals surface area contributed by atoms with Crippen LogP contribution in [-0.4, -0.2) is 70.5 Å². The van der Waals surface area contributed by atoms with Gasteiger partial charge in [0.15, 0.2) is 11.6 Å². The first kappa shape index (κ1) is 29.1. The molecule has 3 fully saturated rings. The Balaban J connectivity index is 1.34. The van der Waals surface area contributed by atoms with Gasteiger partial charge in [-0.25, -0.2) is 22.5 Å². The second-order valence-corrected chi connectivity index (χ2v) is 12.8. The number of terminal acetylenes is 1. The molecule has 4 aliphatic rings. The van der Waals surface area contributed by atoms with Crippen molar-refractivity contribution in [2.45, 2.75) is 62.7 Å². The van der Waals surface area contributed by atoms with E-state index in [1.54, 1.807) is 0 Å². The minimum absolute atomic E-state index is 0.00225. The number of alkyl halides is 1. The van der Waals surface area contributed by atoms with Crippen molar-refractivity contribution in [3.05, 3.63) is 41.2 Å². The first-order valence-electron chi connectivity index (χ1n) is 15.8. The van der Waals surface area contributed by atoms with Crippen molar-refractivity contribution >= 4 is 33.2 Å². The van der Waals surface area contributed by atoms with Gasteiger partial charge in [0.2, 0.25) is 5.88 Å². The van der Waals surface area contributed by atoms with Crippen molar-refractivity contribution in [3.8, 4) is 35.5 Å². The largest absolute Gasteiger partial charge is 0.475 e. The van der Waals surface area contributed by atoms with Gasteiger partial charge in [0.25, 0.3) is 0 Å². The number of hydrogen-bond donors (Lipinski definition) is 1. The summed E-state index contributed by atoms with van der Waals surface area (Å²) >= 11 is 0. The summed E-state index contributed by atoms with van der Waals surface area (Å²) < 4.78 is 74.1. The molecule has 0 saturated carbocycles. The summed E-state index contributed by atoms with van der Waals surface area (Å²) in [4.78, 5) is 18.2. The van der Waals surface area contributed by atoms with Crippen molar-refractivity contribution in [3.63, 3.8) is 0 Å². The van der Waals surface area contributed by atoms with Gasteiger partial charge in [0, 0.05) is 35.8 Å². The number of benzene rings is 2. The van der Waals surface area contributed by atoms with E-state index in [2.05, 4.69) is 25.7 Å². The molecule has 3 atom stereocenters. The Hall–Kier alpha value is -4.37. The smallest absolute Gasteiger partial charge is 0.319 e. The highest BCUT2D eigenvalue weighted by atomic mass is 19.1. The highest BCUT2D eigenvalue weighted by molar-refractivity contribution is 6.05. The lowest BCUT2D eigenvalue weighted by atomic mass is 9.95. The highest BCUT2D eigenvalue weighted by Gasteiger charge is 2.49. The molecule has 3 saturated heterocycles. The number of ether oxygens (including phenoxy) is 2. The zero-order valence-electron chi connectivity index (χ0n) is 25.1. The third kappa shape index (κ3) is 4.42. The molecule has 8 rings (SSSR count). The third-order valence-electron chi connectivity index (χ3n) is 10.1.